The van der Waals surface area contributed by atoms with Crippen LogP contribution in [0.1, 0.15) is 56.5 Å². The molecular weight excluding hydrogens is 512 g/mol. The number of ether oxygens (including phenoxy) is 1. The van der Waals surface area contributed by atoms with E-state index < -0.39 is 19.3 Å². The maximum Gasteiger partial charge on any atom is 0.251 e. The van der Waals surface area contributed by atoms with Crippen LogP contribution in [0.15, 0.2) is 54.9 Å². The number of carbonyl (C=O) groups excluding carboxylic acids is 1. The number of sulfone groups is 1. The lowest BCUT2D eigenvalue weighted by Gasteiger charge is -2.44. The Morgan fingerprint density at radius 3 is 2.38 bits per heavy atom. The normalized spacial score (nSPS) is 17.9. The molecule has 0 bridgehead atoms. The summed E-state index contributed by atoms with van der Waals surface area (Å²) in [5, 5.41) is 20.6. The lowest BCUT2D eigenvalue weighted by molar-refractivity contribution is 0.0925. The first-order chi connectivity index (χ1) is 17.4. The lowest BCUT2D eigenvalue weighted by Crippen LogP contribution is -2.57. The van der Waals surface area contributed by atoms with Crippen LogP contribution in [0.4, 0.5) is 0 Å². The number of carbonyl (C=O) groups is 1. The predicted molar refractivity (Wildman–Crippen MR) is 141 cm³/mol. The first kappa shape index (κ1) is 26.6. The number of nitrogens with one attached hydrogen (secondary N) is 1. The fourth-order valence-corrected chi connectivity index (χ4v) is 7.42. The fourth-order valence-electron chi connectivity index (χ4n) is 4.86. The number of aromatic nitrogens is 2. The highest BCUT2D eigenvalue weighted by Crippen LogP contribution is 2.41. The van der Waals surface area contributed by atoms with Gasteiger partial charge in [-0.25, -0.2) is 8.42 Å². The number of rotatable bonds is 5. The van der Waals surface area contributed by atoms with Crippen LogP contribution in [-0.4, -0.2) is 40.1 Å². The Morgan fingerprint density at radius 2 is 1.78 bits per heavy atom. The number of halogens is 1. The summed E-state index contributed by atoms with van der Waals surface area (Å²) in [6, 6.07) is 13.5. The highest BCUT2D eigenvalue weighted by molar-refractivity contribution is 7.94. The maximum atomic E-state index is 13.0. The Morgan fingerprint density at radius 1 is 1.08 bits per heavy atom. The quantitative estimate of drug-likeness (QED) is 0.466. The smallest absolute Gasteiger partial charge is 0.251 e. The summed E-state index contributed by atoms with van der Waals surface area (Å²) in [6.45, 7) is 6.78. The first-order valence-electron chi connectivity index (χ1n) is 11.7. The van der Waals surface area contributed by atoms with Crippen molar-refractivity contribution in [1.29, 1.82) is 5.26 Å². The summed E-state index contributed by atoms with van der Waals surface area (Å²) in [6.07, 6.45) is 3.74. The molecule has 0 atom stereocenters. The van der Waals surface area contributed by atoms with Gasteiger partial charge in [0.15, 0.2) is 9.84 Å². The van der Waals surface area contributed by atoms with Crippen molar-refractivity contribution >= 4 is 27.3 Å². The van der Waals surface area contributed by atoms with Gasteiger partial charge >= 0.3 is 0 Å². The van der Waals surface area contributed by atoms with Crippen molar-refractivity contribution in [2.24, 2.45) is 0 Å². The van der Waals surface area contributed by atoms with Gasteiger partial charge in [-0.15, -0.1) is 0 Å². The molecule has 1 aliphatic heterocycles. The third-order valence-electron chi connectivity index (χ3n) is 6.71. The molecule has 0 radical (unpaired) electrons. The van der Waals surface area contributed by atoms with Crippen molar-refractivity contribution in [2.45, 2.75) is 56.1 Å². The molecule has 10 heteroatoms. The number of amides is 1. The summed E-state index contributed by atoms with van der Waals surface area (Å²) in [5.41, 5.74) is 1.99. The zero-order valence-corrected chi connectivity index (χ0v) is 22.5. The number of benzene rings is 2. The second-order valence-corrected chi connectivity index (χ2v) is 13.9. The summed E-state index contributed by atoms with van der Waals surface area (Å²) in [5.74, 6) is 0.240. The molecule has 0 unspecified atom stereocenters. The summed E-state index contributed by atoms with van der Waals surface area (Å²) < 4.78 is 29.8. The Labute approximate surface area is 221 Å². The Bertz CT molecular complexity index is 1470. The van der Waals surface area contributed by atoms with E-state index in [0.717, 1.165) is 5.56 Å². The average molecular weight is 539 g/mol. The average Bonchev–Trinajstić information content (AvgIpc) is 2.84. The Kier molecular flexibility index (Phi) is 7.01. The van der Waals surface area contributed by atoms with E-state index in [1.54, 1.807) is 76.5 Å². The molecule has 37 heavy (non-hydrogen) atoms. The molecular formula is C27H27ClN4O4S. The third-order valence-corrected chi connectivity index (χ3v) is 10.3. The van der Waals surface area contributed by atoms with Gasteiger partial charge < -0.3 is 10.1 Å². The van der Waals surface area contributed by atoms with Gasteiger partial charge in [0, 0.05) is 22.7 Å². The minimum absolute atomic E-state index is 0.194. The minimum atomic E-state index is -3.36. The molecule has 3 aromatic rings. The topological polar surface area (TPSA) is 122 Å². The van der Waals surface area contributed by atoms with Gasteiger partial charge in [-0.2, -0.15) is 15.5 Å². The zero-order valence-electron chi connectivity index (χ0n) is 20.9. The zero-order chi connectivity index (χ0) is 27.0. The molecule has 1 amide bonds. The standard InChI is InChI=1S/C27H27ClN4O4S/c1-26(2)13-19(14-27(3,4)37(26,34)35)32-25(33)17-8-9-24(22(28)12-17)36-23-7-5-6-20(21(23)15-29)18-10-11-30-31-16-18/h5-12,16,19H,13-14H2,1-4H3,(H,32,33). The van der Waals surface area contributed by atoms with Crippen LogP contribution in [0.3, 0.4) is 0 Å². The molecule has 2 aromatic carbocycles. The van der Waals surface area contributed by atoms with Crippen molar-refractivity contribution in [3.63, 3.8) is 0 Å². The van der Waals surface area contributed by atoms with Gasteiger partial charge in [-0.3, -0.25) is 4.79 Å². The van der Waals surface area contributed by atoms with Gasteiger partial charge in [-0.1, -0.05) is 23.7 Å². The van der Waals surface area contributed by atoms with Crippen LogP contribution in [0.25, 0.3) is 11.1 Å². The van der Waals surface area contributed by atoms with E-state index in [0.29, 0.717) is 35.3 Å². The molecule has 2 heterocycles. The molecule has 1 aromatic heterocycles. The van der Waals surface area contributed by atoms with Gasteiger partial charge in [0.05, 0.1) is 26.9 Å². The van der Waals surface area contributed by atoms with Gasteiger partial charge in [0.1, 0.15) is 23.1 Å². The number of nitrogens with zero attached hydrogens (tertiary/aromatic N) is 3. The van der Waals surface area contributed by atoms with Crippen LogP contribution < -0.4 is 10.1 Å². The molecule has 1 N–H and O–H groups in total. The van der Waals surface area contributed by atoms with Crippen molar-refractivity contribution in [1.82, 2.24) is 15.5 Å². The minimum Gasteiger partial charge on any atom is -0.454 e. The lowest BCUT2D eigenvalue weighted by atomic mass is 9.93. The van der Waals surface area contributed by atoms with Crippen LogP contribution in [-0.2, 0) is 9.84 Å². The van der Waals surface area contributed by atoms with E-state index in [1.807, 2.05) is 0 Å². The van der Waals surface area contributed by atoms with Gasteiger partial charge in [0.25, 0.3) is 5.91 Å². The van der Waals surface area contributed by atoms with Crippen molar-refractivity contribution in [3.8, 4) is 28.7 Å². The van der Waals surface area contributed by atoms with E-state index in [1.165, 1.54) is 6.07 Å². The molecule has 0 aliphatic carbocycles. The summed E-state index contributed by atoms with van der Waals surface area (Å²) in [4.78, 5) is 13.0. The van der Waals surface area contributed by atoms with E-state index in [9.17, 15) is 18.5 Å². The fraction of sp³-hybridized carbons (Fsp3) is 0.333. The second kappa shape index (κ2) is 9.77. The van der Waals surface area contributed by atoms with Crippen LogP contribution in [0.5, 0.6) is 11.5 Å². The van der Waals surface area contributed by atoms with Crippen LogP contribution in [0, 0.1) is 11.3 Å². The molecule has 4 rings (SSSR count). The molecule has 192 valence electrons. The van der Waals surface area contributed by atoms with E-state index in [-0.39, 0.29) is 22.7 Å². The van der Waals surface area contributed by atoms with Crippen LogP contribution >= 0.6 is 11.6 Å². The number of nitriles is 1. The molecule has 0 spiro atoms. The Balaban J connectivity index is 1.54. The Hall–Kier alpha value is -3.48. The maximum absolute atomic E-state index is 13.0. The molecule has 1 fully saturated rings. The molecule has 8 nitrogen and oxygen atoms in total. The molecule has 1 saturated heterocycles. The van der Waals surface area contributed by atoms with Gasteiger partial charge in [0.2, 0.25) is 0 Å². The largest absolute Gasteiger partial charge is 0.454 e. The summed E-state index contributed by atoms with van der Waals surface area (Å²) >= 11 is 6.46. The van der Waals surface area contributed by atoms with Crippen molar-refractivity contribution in [3.05, 3.63) is 71.0 Å². The van der Waals surface area contributed by atoms with Gasteiger partial charge in [-0.05, 0) is 70.9 Å². The predicted octanol–water partition coefficient (Wildman–Crippen LogP) is 5.33. The SMILES string of the molecule is CC1(C)CC(NC(=O)c2ccc(Oc3cccc(-c4ccnnc4)c3C#N)c(Cl)c2)CC(C)(C)S1(=O)=O. The number of hydrogen-bond acceptors (Lipinski definition) is 7. The monoisotopic (exact) mass is 538 g/mol. The van der Waals surface area contributed by atoms with E-state index in [4.69, 9.17) is 16.3 Å². The molecule has 0 saturated carbocycles. The highest BCUT2D eigenvalue weighted by atomic mass is 35.5. The summed E-state index contributed by atoms with van der Waals surface area (Å²) in [7, 11) is -3.36. The second-order valence-electron chi connectivity index (χ2n) is 10.3. The van der Waals surface area contributed by atoms with Crippen LogP contribution in [0.2, 0.25) is 5.02 Å². The third kappa shape index (κ3) is 5.04. The molecule has 1 aliphatic rings. The highest BCUT2D eigenvalue weighted by Gasteiger charge is 2.52. The van der Waals surface area contributed by atoms with Crippen molar-refractivity contribution in [2.75, 3.05) is 0 Å². The van der Waals surface area contributed by atoms with E-state index in [2.05, 4.69) is 21.6 Å². The number of hydrogen-bond donors (Lipinski definition) is 1. The van der Waals surface area contributed by atoms with E-state index >= 15 is 0 Å². The van der Waals surface area contributed by atoms with Crippen molar-refractivity contribution < 1.29 is 17.9 Å². The first-order valence-corrected chi connectivity index (χ1v) is 13.5.